The van der Waals surface area contributed by atoms with Crippen LogP contribution in [0.5, 0.6) is 0 Å². The molecule has 2 fully saturated rings. The molecule has 2 rings (SSSR count). The van der Waals surface area contributed by atoms with E-state index in [2.05, 4.69) is 0 Å². The van der Waals surface area contributed by atoms with Crippen LogP contribution in [0.2, 0.25) is 0 Å². The second-order valence-electron chi connectivity index (χ2n) is 6.82. The third kappa shape index (κ3) is 2.27. The summed E-state index contributed by atoms with van der Waals surface area (Å²) in [7, 11) is 0. The van der Waals surface area contributed by atoms with Crippen molar-refractivity contribution in [2.24, 2.45) is 5.92 Å². The van der Waals surface area contributed by atoms with E-state index < -0.39 is 11.2 Å². The molecule has 2 aliphatic rings. The predicted molar refractivity (Wildman–Crippen MR) is 65.8 cm³/mol. The Labute approximate surface area is 104 Å². The van der Waals surface area contributed by atoms with Crippen molar-refractivity contribution in [1.82, 2.24) is 0 Å². The Morgan fingerprint density at radius 1 is 1.18 bits per heavy atom. The largest absolute Gasteiger partial charge is 0.382 e. The summed E-state index contributed by atoms with van der Waals surface area (Å²) in [6.07, 6.45) is 3.87. The SMILES string of the molecule is CC1(C)CC(C(=O)C2(O)CCCC2)C(C)(C)O1. The summed E-state index contributed by atoms with van der Waals surface area (Å²) in [6.45, 7) is 7.95. The van der Waals surface area contributed by atoms with Crippen molar-refractivity contribution in [1.29, 1.82) is 0 Å². The van der Waals surface area contributed by atoms with Crippen molar-refractivity contribution in [2.75, 3.05) is 0 Å². The molecule has 0 radical (unpaired) electrons. The van der Waals surface area contributed by atoms with Gasteiger partial charge in [-0.05, 0) is 59.8 Å². The standard InChI is InChI=1S/C14H24O3/c1-12(2)9-10(13(3,4)17-12)11(15)14(16)7-5-6-8-14/h10,16H,5-9H2,1-4H3. The summed E-state index contributed by atoms with van der Waals surface area (Å²) in [5.41, 5.74) is -1.80. The first-order valence-corrected chi connectivity index (χ1v) is 6.63. The Morgan fingerprint density at radius 3 is 2.12 bits per heavy atom. The Kier molecular flexibility index (Phi) is 2.91. The molecule has 1 unspecified atom stereocenters. The highest BCUT2D eigenvalue weighted by molar-refractivity contribution is 5.90. The zero-order valence-corrected chi connectivity index (χ0v) is 11.4. The first kappa shape index (κ1) is 13.0. The lowest BCUT2D eigenvalue weighted by Crippen LogP contribution is -2.45. The van der Waals surface area contributed by atoms with E-state index in [0.29, 0.717) is 19.3 Å². The lowest BCUT2D eigenvalue weighted by molar-refractivity contribution is -0.147. The highest BCUT2D eigenvalue weighted by atomic mass is 16.5. The lowest BCUT2D eigenvalue weighted by Gasteiger charge is -2.31. The van der Waals surface area contributed by atoms with Gasteiger partial charge in [-0.25, -0.2) is 0 Å². The molecule has 0 aromatic rings. The third-order valence-corrected chi connectivity index (χ3v) is 4.28. The molecule has 1 heterocycles. The predicted octanol–water partition coefficient (Wildman–Crippen LogP) is 2.45. The molecular weight excluding hydrogens is 216 g/mol. The molecule has 3 heteroatoms. The molecule has 1 saturated carbocycles. The normalized spacial score (nSPS) is 33.8. The summed E-state index contributed by atoms with van der Waals surface area (Å²) in [5.74, 6) is -0.175. The van der Waals surface area contributed by atoms with Crippen LogP contribution in [0.3, 0.4) is 0 Å². The Bertz CT molecular complexity index is 324. The topological polar surface area (TPSA) is 46.5 Å². The van der Waals surface area contributed by atoms with Crippen LogP contribution in [0.25, 0.3) is 0 Å². The van der Waals surface area contributed by atoms with Gasteiger partial charge >= 0.3 is 0 Å². The van der Waals surface area contributed by atoms with E-state index in [0.717, 1.165) is 12.8 Å². The number of ketones is 1. The van der Waals surface area contributed by atoms with Crippen molar-refractivity contribution in [3.63, 3.8) is 0 Å². The second kappa shape index (κ2) is 3.79. The molecule has 1 atom stereocenters. The lowest BCUT2D eigenvalue weighted by atomic mass is 9.77. The van der Waals surface area contributed by atoms with Crippen LogP contribution in [-0.2, 0) is 9.53 Å². The quantitative estimate of drug-likeness (QED) is 0.806. The molecule has 0 spiro atoms. The van der Waals surface area contributed by atoms with E-state index in [1.54, 1.807) is 0 Å². The molecule has 1 saturated heterocycles. The van der Waals surface area contributed by atoms with E-state index in [4.69, 9.17) is 4.74 Å². The number of ether oxygens (including phenoxy) is 1. The average Bonchev–Trinajstić information content (AvgIpc) is 2.67. The summed E-state index contributed by atoms with van der Waals surface area (Å²) in [6, 6.07) is 0. The van der Waals surface area contributed by atoms with Crippen LogP contribution in [0.1, 0.15) is 59.8 Å². The summed E-state index contributed by atoms with van der Waals surface area (Å²) in [4.78, 5) is 12.5. The van der Waals surface area contributed by atoms with Crippen LogP contribution >= 0.6 is 0 Å². The van der Waals surface area contributed by atoms with E-state index in [1.165, 1.54) is 0 Å². The van der Waals surface area contributed by atoms with Gasteiger partial charge in [0.05, 0.1) is 17.1 Å². The Balaban J connectivity index is 2.20. The maximum Gasteiger partial charge on any atom is 0.170 e. The first-order chi connectivity index (χ1) is 7.66. The molecule has 0 bridgehead atoms. The Morgan fingerprint density at radius 2 is 1.71 bits per heavy atom. The van der Waals surface area contributed by atoms with Gasteiger partial charge in [-0.15, -0.1) is 0 Å². The molecule has 17 heavy (non-hydrogen) atoms. The van der Waals surface area contributed by atoms with Crippen LogP contribution in [0, 0.1) is 5.92 Å². The van der Waals surface area contributed by atoms with Crippen LogP contribution in [0.15, 0.2) is 0 Å². The highest BCUT2D eigenvalue weighted by Crippen LogP contribution is 2.46. The number of aliphatic hydroxyl groups is 1. The smallest absolute Gasteiger partial charge is 0.170 e. The van der Waals surface area contributed by atoms with Gasteiger partial charge in [0.25, 0.3) is 0 Å². The van der Waals surface area contributed by atoms with Crippen molar-refractivity contribution < 1.29 is 14.6 Å². The van der Waals surface area contributed by atoms with Gasteiger partial charge in [0.1, 0.15) is 5.60 Å². The molecule has 1 aliphatic heterocycles. The molecular formula is C14H24O3. The average molecular weight is 240 g/mol. The maximum atomic E-state index is 12.5. The number of hydrogen-bond acceptors (Lipinski definition) is 3. The van der Waals surface area contributed by atoms with Crippen LogP contribution < -0.4 is 0 Å². The van der Waals surface area contributed by atoms with Gasteiger partial charge in [0.2, 0.25) is 0 Å². The van der Waals surface area contributed by atoms with E-state index >= 15 is 0 Å². The monoisotopic (exact) mass is 240 g/mol. The fourth-order valence-corrected chi connectivity index (χ4v) is 3.50. The van der Waals surface area contributed by atoms with Crippen LogP contribution in [-0.4, -0.2) is 27.7 Å². The van der Waals surface area contributed by atoms with Gasteiger partial charge in [0, 0.05) is 0 Å². The minimum atomic E-state index is -1.08. The van der Waals surface area contributed by atoms with Gasteiger partial charge < -0.3 is 9.84 Å². The zero-order chi connectivity index (χ0) is 12.9. The summed E-state index contributed by atoms with van der Waals surface area (Å²) >= 11 is 0. The molecule has 0 aromatic carbocycles. The number of Topliss-reactive ketones (excluding diaryl/α,β-unsaturated/α-hetero) is 1. The van der Waals surface area contributed by atoms with Crippen molar-refractivity contribution >= 4 is 5.78 Å². The molecule has 1 aliphatic carbocycles. The third-order valence-electron chi connectivity index (χ3n) is 4.28. The number of carbonyl (C=O) groups is 1. The molecule has 98 valence electrons. The minimum absolute atomic E-state index is 0.00516. The van der Waals surface area contributed by atoms with Gasteiger partial charge in [-0.1, -0.05) is 0 Å². The zero-order valence-electron chi connectivity index (χ0n) is 11.4. The molecule has 0 amide bonds. The minimum Gasteiger partial charge on any atom is -0.382 e. The summed E-state index contributed by atoms with van der Waals surface area (Å²) < 4.78 is 5.94. The molecule has 1 N–H and O–H groups in total. The van der Waals surface area contributed by atoms with Crippen molar-refractivity contribution in [2.45, 2.75) is 76.6 Å². The Hall–Kier alpha value is -0.410. The van der Waals surface area contributed by atoms with Crippen molar-refractivity contribution in [3.05, 3.63) is 0 Å². The van der Waals surface area contributed by atoms with Gasteiger partial charge in [-0.3, -0.25) is 4.79 Å². The highest BCUT2D eigenvalue weighted by Gasteiger charge is 2.54. The van der Waals surface area contributed by atoms with E-state index in [9.17, 15) is 9.90 Å². The van der Waals surface area contributed by atoms with Crippen molar-refractivity contribution in [3.8, 4) is 0 Å². The van der Waals surface area contributed by atoms with Gasteiger partial charge in [-0.2, -0.15) is 0 Å². The van der Waals surface area contributed by atoms with E-state index in [1.807, 2.05) is 27.7 Å². The molecule has 3 nitrogen and oxygen atoms in total. The molecule has 0 aromatic heterocycles. The fourth-order valence-electron chi connectivity index (χ4n) is 3.50. The van der Waals surface area contributed by atoms with Crippen LogP contribution in [0.4, 0.5) is 0 Å². The fraction of sp³-hybridized carbons (Fsp3) is 0.929. The van der Waals surface area contributed by atoms with E-state index in [-0.39, 0.29) is 17.3 Å². The number of hydrogen-bond donors (Lipinski definition) is 1. The number of carbonyl (C=O) groups excluding carboxylic acids is 1. The summed E-state index contributed by atoms with van der Waals surface area (Å²) in [5, 5.41) is 10.4. The number of rotatable bonds is 2. The second-order valence-corrected chi connectivity index (χ2v) is 6.82. The first-order valence-electron chi connectivity index (χ1n) is 6.63. The van der Waals surface area contributed by atoms with Gasteiger partial charge in [0.15, 0.2) is 5.78 Å². The maximum absolute atomic E-state index is 12.5.